The summed E-state index contributed by atoms with van der Waals surface area (Å²) in [6.45, 7) is 6.37. The lowest BCUT2D eigenvalue weighted by atomic mass is 10.1. The Balaban J connectivity index is 2.05. The number of aliphatic carboxylic acids is 1. The third-order valence-corrected chi connectivity index (χ3v) is 2.64. The summed E-state index contributed by atoms with van der Waals surface area (Å²) in [6.07, 6.45) is 1.74. The molecule has 0 amide bonds. The van der Waals surface area contributed by atoms with Crippen molar-refractivity contribution in [1.29, 1.82) is 0 Å². The predicted octanol–water partition coefficient (Wildman–Crippen LogP) is 0.820. The summed E-state index contributed by atoms with van der Waals surface area (Å²) in [7, 11) is 0. The Morgan fingerprint density at radius 2 is 2.14 bits per heavy atom. The lowest BCUT2D eigenvalue weighted by Gasteiger charge is -2.26. The highest BCUT2D eigenvalue weighted by atomic mass is 16.5. The molecule has 0 radical (unpaired) electrons. The van der Waals surface area contributed by atoms with E-state index in [0.29, 0.717) is 0 Å². The van der Waals surface area contributed by atoms with Crippen LogP contribution >= 0.6 is 0 Å². The smallest absolute Gasteiger partial charge is 0.306 e. The average molecular weight is 201 g/mol. The second kappa shape index (κ2) is 5.98. The van der Waals surface area contributed by atoms with Gasteiger partial charge < -0.3 is 9.84 Å². The lowest BCUT2D eigenvalue weighted by Crippen LogP contribution is -2.37. The van der Waals surface area contributed by atoms with Crippen molar-refractivity contribution in [2.24, 2.45) is 5.92 Å². The van der Waals surface area contributed by atoms with Gasteiger partial charge in [0, 0.05) is 13.1 Å². The molecule has 0 aromatic rings. The number of hydrogen-bond acceptors (Lipinski definition) is 3. The molecule has 4 nitrogen and oxygen atoms in total. The van der Waals surface area contributed by atoms with Crippen LogP contribution in [0.3, 0.4) is 0 Å². The molecule has 1 atom stereocenters. The molecule has 1 aliphatic heterocycles. The molecule has 82 valence electrons. The van der Waals surface area contributed by atoms with Crippen molar-refractivity contribution in [2.45, 2.75) is 19.8 Å². The van der Waals surface area contributed by atoms with Crippen LogP contribution in [0.1, 0.15) is 19.8 Å². The van der Waals surface area contributed by atoms with Crippen molar-refractivity contribution >= 4 is 5.97 Å². The molecule has 0 spiro atoms. The van der Waals surface area contributed by atoms with Gasteiger partial charge in [-0.1, -0.05) is 6.92 Å². The first kappa shape index (κ1) is 11.5. The molecular formula is C10H19NO3. The van der Waals surface area contributed by atoms with Crippen LogP contribution in [0.2, 0.25) is 0 Å². The maximum atomic E-state index is 10.5. The van der Waals surface area contributed by atoms with Crippen molar-refractivity contribution < 1.29 is 14.6 Å². The van der Waals surface area contributed by atoms with E-state index >= 15 is 0 Å². The molecule has 1 aliphatic rings. The van der Waals surface area contributed by atoms with Gasteiger partial charge in [0.25, 0.3) is 0 Å². The Hall–Kier alpha value is -0.610. The third kappa shape index (κ3) is 4.07. The number of morpholine rings is 1. The molecule has 1 N–H and O–H groups in total. The zero-order valence-corrected chi connectivity index (χ0v) is 8.74. The number of carboxylic acid groups (broad SMARTS) is 1. The van der Waals surface area contributed by atoms with Crippen LogP contribution in [-0.4, -0.2) is 48.8 Å². The maximum Gasteiger partial charge on any atom is 0.306 e. The molecule has 14 heavy (non-hydrogen) atoms. The van der Waals surface area contributed by atoms with Crippen molar-refractivity contribution in [3.05, 3.63) is 0 Å². The standard InChI is InChI=1S/C10H19NO3/c1-9(10(12)13)3-2-4-11-5-7-14-8-6-11/h9H,2-8H2,1H3,(H,12,13)/t9-/m0/s1. The van der Waals surface area contributed by atoms with E-state index in [1.54, 1.807) is 6.92 Å². The minimum Gasteiger partial charge on any atom is -0.481 e. The topological polar surface area (TPSA) is 49.8 Å². The highest BCUT2D eigenvalue weighted by Crippen LogP contribution is 2.07. The summed E-state index contributed by atoms with van der Waals surface area (Å²) in [5.41, 5.74) is 0. The van der Waals surface area contributed by atoms with Gasteiger partial charge in [0.2, 0.25) is 0 Å². The average Bonchev–Trinajstić information content (AvgIpc) is 2.19. The normalized spacial score (nSPS) is 20.6. The zero-order valence-electron chi connectivity index (χ0n) is 8.74. The Morgan fingerprint density at radius 3 is 2.71 bits per heavy atom. The molecule has 0 aromatic carbocycles. The van der Waals surface area contributed by atoms with E-state index in [2.05, 4.69) is 4.90 Å². The first-order chi connectivity index (χ1) is 6.70. The highest BCUT2D eigenvalue weighted by Gasteiger charge is 2.13. The van der Waals surface area contributed by atoms with Gasteiger partial charge in [0.1, 0.15) is 0 Å². The quantitative estimate of drug-likeness (QED) is 0.715. The number of hydrogen-bond donors (Lipinski definition) is 1. The SMILES string of the molecule is C[C@@H](CCCN1CCOCC1)C(=O)O. The summed E-state index contributed by atoms with van der Waals surface area (Å²) >= 11 is 0. The maximum absolute atomic E-state index is 10.5. The zero-order chi connectivity index (χ0) is 10.4. The summed E-state index contributed by atoms with van der Waals surface area (Å²) in [5.74, 6) is -0.900. The van der Waals surface area contributed by atoms with Crippen LogP contribution in [0.15, 0.2) is 0 Å². The van der Waals surface area contributed by atoms with Crippen molar-refractivity contribution in [3.63, 3.8) is 0 Å². The fraction of sp³-hybridized carbons (Fsp3) is 0.900. The highest BCUT2D eigenvalue weighted by molar-refractivity contribution is 5.69. The summed E-state index contributed by atoms with van der Waals surface area (Å²) < 4.78 is 5.23. The van der Waals surface area contributed by atoms with Crippen LogP contribution in [0.25, 0.3) is 0 Å². The van der Waals surface area contributed by atoms with E-state index in [1.807, 2.05) is 0 Å². The first-order valence-electron chi connectivity index (χ1n) is 5.23. The summed E-state index contributed by atoms with van der Waals surface area (Å²) in [6, 6.07) is 0. The van der Waals surface area contributed by atoms with Crippen LogP contribution in [0, 0.1) is 5.92 Å². The molecule has 0 aromatic heterocycles. The van der Waals surface area contributed by atoms with E-state index in [-0.39, 0.29) is 5.92 Å². The van der Waals surface area contributed by atoms with Crippen molar-refractivity contribution in [1.82, 2.24) is 4.90 Å². The van der Waals surface area contributed by atoms with Gasteiger partial charge in [-0.2, -0.15) is 0 Å². The van der Waals surface area contributed by atoms with Gasteiger partial charge in [0.15, 0.2) is 0 Å². The number of ether oxygens (including phenoxy) is 1. The number of nitrogens with zero attached hydrogens (tertiary/aromatic N) is 1. The minimum absolute atomic E-state index is 0.212. The molecule has 1 fully saturated rings. The van der Waals surface area contributed by atoms with E-state index in [4.69, 9.17) is 9.84 Å². The monoisotopic (exact) mass is 201 g/mol. The molecule has 0 bridgehead atoms. The lowest BCUT2D eigenvalue weighted by molar-refractivity contribution is -0.141. The van der Waals surface area contributed by atoms with E-state index in [9.17, 15) is 4.79 Å². The fourth-order valence-electron chi connectivity index (χ4n) is 1.57. The van der Waals surface area contributed by atoms with Gasteiger partial charge in [-0.15, -0.1) is 0 Å². The second-order valence-corrected chi connectivity index (χ2v) is 3.84. The Morgan fingerprint density at radius 1 is 1.50 bits per heavy atom. The number of carboxylic acids is 1. The minimum atomic E-state index is -0.688. The first-order valence-corrected chi connectivity index (χ1v) is 5.23. The van der Waals surface area contributed by atoms with Gasteiger partial charge in [0.05, 0.1) is 19.1 Å². The van der Waals surface area contributed by atoms with Crippen LogP contribution in [0.4, 0.5) is 0 Å². The number of rotatable bonds is 5. The fourth-order valence-corrected chi connectivity index (χ4v) is 1.57. The van der Waals surface area contributed by atoms with Gasteiger partial charge >= 0.3 is 5.97 Å². The van der Waals surface area contributed by atoms with Gasteiger partial charge in [-0.3, -0.25) is 9.69 Å². The molecular weight excluding hydrogens is 182 g/mol. The van der Waals surface area contributed by atoms with Crippen LogP contribution in [0.5, 0.6) is 0 Å². The molecule has 0 saturated carbocycles. The summed E-state index contributed by atoms with van der Waals surface area (Å²) in [5, 5.41) is 8.69. The second-order valence-electron chi connectivity index (χ2n) is 3.84. The van der Waals surface area contributed by atoms with Crippen LogP contribution in [-0.2, 0) is 9.53 Å². The van der Waals surface area contributed by atoms with E-state index < -0.39 is 5.97 Å². The van der Waals surface area contributed by atoms with Crippen molar-refractivity contribution in [2.75, 3.05) is 32.8 Å². The molecule has 0 unspecified atom stereocenters. The Bertz CT molecular complexity index is 178. The Kier molecular flexibility index (Phi) is 4.90. The molecule has 4 heteroatoms. The molecule has 0 aliphatic carbocycles. The van der Waals surface area contributed by atoms with E-state index in [0.717, 1.165) is 45.7 Å². The third-order valence-electron chi connectivity index (χ3n) is 2.64. The summed E-state index contributed by atoms with van der Waals surface area (Å²) in [4.78, 5) is 12.9. The molecule has 1 saturated heterocycles. The number of carbonyl (C=O) groups is 1. The van der Waals surface area contributed by atoms with Gasteiger partial charge in [-0.05, 0) is 19.4 Å². The van der Waals surface area contributed by atoms with Crippen molar-refractivity contribution in [3.8, 4) is 0 Å². The predicted molar refractivity (Wildman–Crippen MR) is 53.3 cm³/mol. The van der Waals surface area contributed by atoms with E-state index in [1.165, 1.54) is 0 Å². The van der Waals surface area contributed by atoms with Crippen LogP contribution < -0.4 is 0 Å². The largest absolute Gasteiger partial charge is 0.481 e. The Labute approximate surface area is 84.8 Å². The van der Waals surface area contributed by atoms with Gasteiger partial charge in [-0.25, -0.2) is 0 Å². The molecule has 1 heterocycles. The molecule has 1 rings (SSSR count).